The van der Waals surface area contributed by atoms with Gasteiger partial charge in [-0.25, -0.2) is 0 Å². The van der Waals surface area contributed by atoms with Gasteiger partial charge in [-0.05, 0) is 18.8 Å². The van der Waals surface area contributed by atoms with E-state index in [0.29, 0.717) is 12.5 Å². The van der Waals surface area contributed by atoms with Crippen LogP contribution in [0, 0.1) is 16.0 Å². The van der Waals surface area contributed by atoms with E-state index in [0.717, 1.165) is 25.7 Å². The number of nitrogens with two attached hydrogens (primary N) is 1. The summed E-state index contributed by atoms with van der Waals surface area (Å²) in [6.45, 7) is 0.303. The number of nitrogens with one attached hydrogen (secondary N) is 1. The van der Waals surface area contributed by atoms with E-state index in [4.69, 9.17) is 15.2 Å². The molecule has 8 nitrogen and oxygen atoms in total. The van der Waals surface area contributed by atoms with Crippen LogP contribution < -0.4 is 20.5 Å². The van der Waals surface area contributed by atoms with Gasteiger partial charge >= 0.3 is 0 Å². The molecular formula is C17H25N3O5. The third-order valence-electron chi connectivity index (χ3n) is 4.73. The Balaban J connectivity index is 2.28. The molecule has 0 heterocycles. The number of amides is 1. The Bertz CT molecular complexity index is 629. The fourth-order valence-electron chi connectivity index (χ4n) is 3.35. The van der Waals surface area contributed by atoms with Crippen LogP contribution in [-0.4, -0.2) is 37.6 Å². The highest BCUT2D eigenvalue weighted by atomic mass is 16.6. The zero-order valence-corrected chi connectivity index (χ0v) is 14.6. The number of benzene rings is 1. The van der Waals surface area contributed by atoms with Crippen molar-refractivity contribution in [1.82, 2.24) is 5.32 Å². The first-order valence-corrected chi connectivity index (χ1v) is 8.43. The number of carbonyl (C=O) groups excluding carboxylic acids is 1. The van der Waals surface area contributed by atoms with Gasteiger partial charge in [0.1, 0.15) is 5.56 Å². The first-order chi connectivity index (χ1) is 12.0. The van der Waals surface area contributed by atoms with Crippen molar-refractivity contribution in [2.75, 3.05) is 20.8 Å². The molecule has 0 aromatic heterocycles. The molecule has 0 radical (unpaired) electrons. The standard InChI is InChI=1S/C17H25N3O5/c1-24-15-8-12(14(20(22)23)9-16(15)25-2)17(21)19-13(10-18)11-6-4-3-5-7-11/h8-9,11,13H,3-7,10,18H2,1-2H3,(H,19,21). The summed E-state index contributed by atoms with van der Waals surface area (Å²) in [6.07, 6.45) is 5.45. The van der Waals surface area contributed by atoms with Crippen molar-refractivity contribution < 1.29 is 19.2 Å². The van der Waals surface area contributed by atoms with Crippen LogP contribution in [0.25, 0.3) is 0 Å². The predicted molar refractivity (Wildman–Crippen MR) is 93.1 cm³/mol. The number of rotatable bonds is 7. The summed E-state index contributed by atoms with van der Waals surface area (Å²) in [4.78, 5) is 23.4. The van der Waals surface area contributed by atoms with Crippen LogP contribution in [0.15, 0.2) is 12.1 Å². The quantitative estimate of drug-likeness (QED) is 0.575. The number of nitro groups is 1. The molecule has 1 aliphatic rings. The molecule has 25 heavy (non-hydrogen) atoms. The Labute approximate surface area is 146 Å². The summed E-state index contributed by atoms with van der Waals surface area (Å²) in [5.41, 5.74) is 5.45. The monoisotopic (exact) mass is 351 g/mol. The van der Waals surface area contributed by atoms with Crippen molar-refractivity contribution in [3.05, 3.63) is 27.8 Å². The lowest BCUT2D eigenvalue weighted by Crippen LogP contribution is -2.46. The molecule has 1 saturated carbocycles. The molecule has 1 aromatic carbocycles. The maximum atomic E-state index is 12.7. The zero-order valence-electron chi connectivity index (χ0n) is 14.6. The predicted octanol–water partition coefficient (Wildman–Crippen LogP) is 2.25. The molecule has 1 aromatic rings. The number of carbonyl (C=O) groups is 1. The third-order valence-corrected chi connectivity index (χ3v) is 4.73. The average Bonchev–Trinajstić information content (AvgIpc) is 2.65. The summed E-state index contributed by atoms with van der Waals surface area (Å²) < 4.78 is 10.2. The van der Waals surface area contributed by atoms with E-state index in [1.807, 2.05) is 0 Å². The van der Waals surface area contributed by atoms with Crippen molar-refractivity contribution in [2.24, 2.45) is 11.7 Å². The van der Waals surface area contributed by atoms with Gasteiger partial charge in [-0.1, -0.05) is 19.3 Å². The fourth-order valence-corrected chi connectivity index (χ4v) is 3.35. The van der Waals surface area contributed by atoms with E-state index in [1.165, 1.54) is 32.8 Å². The lowest BCUT2D eigenvalue weighted by molar-refractivity contribution is -0.385. The van der Waals surface area contributed by atoms with Crippen LogP contribution in [0.2, 0.25) is 0 Å². The molecule has 1 fully saturated rings. The minimum atomic E-state index is -0.602. The van der Waals surface area contributed by atoms with Crippen LogP contribution in [0.4, 0.5) is 5.69 Å². The van der Waals surface area contributed by atoms with Gasteiger partial charge in [-0.15, -0.1) is 0 Å². The molecule has 1 unspecified atom stereocenters. The summed E-state index contributed by atoms with van der Waals surface area (Å²) >= 11 is 0. The second kappa shape index (κ2) is 8.66. The Hall–Kier alpha value is -2.35. The van der Waals surface area contributed by atoms with Crippen LogP contribution in [-0.2, 0) is 0 Å². The molecule has 2 rings (SSSR count). The van der Waals surface area contributed by atoms with Crippen molar-refractivity contribution in [1.29, 1.82) is 0 Å². The molecule has 0 aliphatic heterocycles. The van der Waals surface area contributed by atoms with Gasteiger partial charge in [0.25, 0.3) is 11.6 Å². The molecule has 3 N–H and O–H groups in total. The fraction of sp³-hybridized carbons (Fsp3) is 0.588. The van der Waals surface area contributed by atoms with Gasteiger partial charge < -0.3 is 20.5 Å². The van der Waals surface area contributed by atoms with Gasteiger partial charge in [-0.3, -0.25) is 14.9 Å². The molecular weight excluding hydrogens is 326 g/mol. The van der Waals surface area contributed by atoms with E-state index in [2.05, 4.69) is 5.32 Å². The van der Waals surface area contributed by atoms with E-state index in [-0.39, 0.29) is 28.8 Å². The minimum absolute atomic E-state index is 0.0584. The van der Waals surface area contributed by atoms with Gasteiger partial charge in [0.15, 0.2) is 11.5 Å². The largest absolute Gasteiger partial charge is 0.493 e. The second-order valence-corrected chi connectivity index (χ2v) is 6.20. The van der Waals surface area contributed by atoms with Crippen LogP contribution >= 0.6 is 0 Å². The second-order valence-electron chi connectivity index (χ2n) is 6.20. The summed E-state index contributed by atoms with van der Waals surface area (Å²) in [7, 11) is 2.80. The molecule has 0 spiro atoms. The Morgan fingerprint density at radius 3 is 2.40 bits per heavy atom. The van der Waals surface area contributed by atoms with Gasteiger partial charge in [0.2, 0.25) is 0 Å². The van der Waals surface area contributed by atoms with Crippen molar-refractivity contribution in [3.8, 4) is 11.5 Å². The number of nitro benzene ring substituents is 1. The Kier molecular flexibility index (Phi) is 6.58. The first-order valence-electron chi connectivity index (χ1n) is 8.43. The number of ether oxygens (including phenoxy) is 2. The van der Waals surface area contributed by atoms with Crippen LogP contribution in [0.5, 0.6) is 11.5 Å². The maximum absolute atomic E-state index is 12.7. The van der Waals surface area contributed by atoms with E-state index < -0.39 is 10.8 Å². The minimum Gasteiger partial charge on any atom is -0.493 e. The molecule has 1 atom stereocenters. The van der Waals surface area contributed by atoms with E-state index in [9.17, 15) is 14.9 Å². The SMILES string of the molecule is COc1cc(C(=O)NC(CN)C2CCCCC2)c([N+](=O)[O-])cc1OC. The first kappa shape index (κ1) is 19.0. The molecule has 8 heteroatoms. The molecule has 1 aliphatic carbocycles. The third kappa shape index (κ3) is 4.39. The summed E-state index contributed by atoms with van der Waals surface area (Å²) in [5, 5.41) is 14.2. The molecule has 138 valence electrons. The maximum Gasteiger partial charge on any atom is 0.286 e. The van der Waals surface area contributed by atoms with Crippen molar-refractivity contribution in [2.45, 2.75) is 38.1 Å². The Morgan fingerprint density at radius 2 is 1.88 bits per heavy atom. The van der Waals surface area contributed by atoms with Gasteiger partial charge in [0.05, 0.1) is 25.2 Å². The van der Waals surface area contributed by atoms with Crippen LogP contribution in [0.3, 0.4) is 0 Å². The number of hydrogen-bond acceptors (Lipinski definition) is 6. The number of methoxy groups -OCH3 is 2. The highest BCUT2D eigenvalue weighted by Crippen LogP contribution is 2.34. The summed E-state index contributed by atoms with van der Waals surface area (Å²) in [5.74, 6) is 0.254. The van der Waals surface area contributed by atoms with E-state index in [1.54, 1.807) is 0 Å². The summed E-state index contributed by atoms with van der Waals surface area (Å²) in [6, 6.07) is 2.34. The van der Waals surface area contributed by atoms with Crippen molar-refractivity contribution >= 4 is 11.6 Å². The van der Waals surface area contributed by atoms with Crippen molar-refractivity contribution in [3.63, 3.8) is 0 Å². The number of hydrogen-bond donors (Lipinski definition) is 2. The Morgan fingerprint density at radius 1 is 1.28 bits per heavy atom. The van der Waals surface area contributed by atoms with E-state index >= 15 is 0 Å². The lowest BCUT2D eigenvalue weighted by Gasteiger charge is -2.30. The average molecular weight is 351 g/mol. The normalized spacial score (nSPS) is 16.1. The van der Waals surface area contributed by atoms with Gasteiger partial charge in [0, 0.05) is 18.7 Å². The van der Waals surface area contributed by atoms with Gasteiger partial charge in [-0.2, -0.15) is 0 Å². The number of nitrogens with zero attached hydrogens (tertiary/aromatic N) is 1. The molecule has 0 bridgehead atoms. The van der Waals surface area contributed by atoms with Crippen LogP contribution in [0.1, 0.15) is 42.5 Å². The topological polar surface area (TPSA) is 117 Å². The smallest absolute Gasteiger partial charge is 0.286 e. The lowest BCUT2D eigenvalue weighted by atomic mass is 9.84. The highest BCUT2D eigenvalue weighted by molar-refractivity contribution is 5.99. The highest BCUT2D eigenvalue weighted by Gasteiger charge is 2.29. The molecule has 0 saturated heterocycles. The zero-order chi connectivity index (χ0) is 18.4. The molecule has 1 amide bonds.